The topological polar surface area (TPSA) is 50.8 Å². The predicted octanol–water partition coefficient (Wildman–Crippen LogP) is 1.89. The number of benzene rings is 1. The summed E-state index contributed by atoms with van der Waals surface area (Å²) in [6, 6.07) is 7.88. The van der Waals surface area contributed by atoms with Crippen molar-refractivity contribution in [2.75, 3.05) is 43.6 Å². The molecule has 5 nitrogen and oxygen atoms in total. The third-order valence-corrected chi connectivity index (χ3v) is 3.43. The smallest absolute Gasteiger partial charge is 0.250 e. The van der Waals surface area contributed by atoms with Crippen LogP contribution in [0.2, 0.25) is 0 Å². The van der Waals surface area contributed by atoms with Crippen molar-refractivity contribution < 1.29 is 14.3 Å². The number of methoxy groups -OCH3 is 1. The molecule has 1 atom stereocenters. The van der Waals surface area contributed by atoms with Crippen LogP contribution >= 0.6 is 0 Å². The van der Waals surface area contributed by atoms with E-state index in [1.165, 1.54) is 0 Å². The van der Waals surface area contributed by atoms with Crippen LogP contribution in [0.1, 0.15) is 13.3 Å². The number of nitrogens with zero attached hydrogens (tertiary/aromatic N) is 1. The fourth-order valence-corrected chi connectivity index (χ4v) is 2.30. The van der Waals surface area contributed by atoms with Gasteiger partial charge in [-0.1, -0.05) is 0 Å². The molecule has 20 heavy (non-hydrogen) atoms. The molecule has 0 aliphatic carbocycles. The largest absolute Gasteiger partial charge is 0.380 e. The maximum absolute atomic E-state index is 11.5. The summed E-state index contributed by atoms with van der Waals surface area (Å²) in [5.41, 5.74) is 1.95. The van der Waals surface area contributed by atoms with Crippen LogP contribution < -0.4 is 10.2 Å². The van der Waals surface area contributed by atoms with E-state index in [0.717, 1.165) is 30.9 Å². The lowest BCUT2D eigenvalue weighted by Crippen LogP contribution is -2.22. The van der Waals surface area contributed by atoms with Gasteiger partial charge in [0.25, 0.3) is 0 Å². The third-order valence-electron chi connectivity index (χ3n) is 3.43. The van der Waals surface area contributed by atoms with Gasteiger partial charge in [0.2, 0.25) is 5.91 Å². The molecule has 1 heterocycles. The Morgan fingerprint density at radius 3 is 2.75 bits per heavy atom. The third kappa shape index (κ3) is 3.95. The normalized spacial score (nSPS) is 18.3. The van der Waals surface area contributed by atoms with Gasteiger partial charge in [0.05, 0.1) is 6.10 Å². The van der Waals surface area contributed by atoms with Gasteiger partial charge in [-0.2, -0.15) is 0 Å². The SMILES string of the molecule is CCOCC(=O)Nc1ccc(N2CC[C@H](OC)C2)cc1. The molecule has 0 radical (unpaired) electrons. The highest BCUT2D eigenvalue weighted by atomic mass is 16.5. The van der Waals surface area contributed by atoms with Gasteiger partial charge >= 0.3 is 0 Å². The highest BCUT2D eigenvalue weighted by Gasteiger charge is 2.21. The van der Waals surface area contributed by atoms with Gasteiger partial charge in [-0.05, 0) is 37.6 Å². The van der Waals surface area contributed by atoms with Crippen molar-refractivity contribution >= 4 is 17.3 Å². The van der Waals surface area contributed by atoms with Gasteiger partial charge in [0.15, 0.2) is 0 Å². The molecule has 1 N–H and O–H groups in total. The zero-order valence-electron chi connectivity index (χ0n) is 12.1. The first-order valence-corrected chi connectivity index (χ1v) is 6.98. The number of hydrogen-bond donors (Lipinski definition) is 1. The van der Waals surface area contributed by atoms with Crippen molar-refractivity contribution in [3.8, 4) is 0 Å². The summed E-state index contributed by atoms with van der Waals surface area (Å²) in [4.78, 5) is 13.8. The van der Waals surface area contributed by atoms with Crippen molar-refractivity contribution in [3.05, 3.63) is 24.3 Å². The molecule has 1 aliphatic rings. The van der Waals surface area contributed by atoms with Crippen LogP contribution in [0, 0.1) is 0 Å². The molecule has 2 rings (SSSR count). The van der Waals surface area contributed by atoms with E-state index in [4.69, 9.17) is 9.47 Å². The summed E-state index contributed by atoms with van der Waals surface area (Å²) in [5, 5.41) is 2.81. The number of ether oxygens (including phenoxy) is 2. The predicted molar refractivity (Wildman–Crippen MR) is 79.2 cm³/mol. The van der Waals surface area contributed by atoms with E-state index in [1.54, 1.807) is 7.11 Å². The molecular weight excluding hydrogens is 256 g/mol. The maximum Gasteiger partial charge on any atom is 0.250 e. The summed E-state index contributed by atoms with van der Waals surface area (Å²) in [6.07, 6.45) is 1.38. The lowest BCUT2D eigenvalue weighted by Gasteiger charge is -2.18. The van der Waals surface area contributed by atoms with E-state index < -0.39 is 0 Å². The number of anilines is 2. The van der Waals surface area contributed by atoms with Gasteiger partial charge in [0.1, 0.15) is 6.61 Å². The highest BCUT2D eigenvalue weighted by Crippen LogP contribution is 2.23. The summed E-state index contributed by atoms with van der Waals surface area (Å²) in [6.45, 7) is 4.44. The molecule has 0 unspecified atom stereocenters. The first-order chi connectivity index (χ1) is 9.72. The Morgan fingerprint density at radius 2 is 2.15 bits per heavy atom. The van der Waals surface area contributed by atoms with Crippen molar-refractivity contribution in [1.29, 1.82) is 0 Å². The van der Waals surface area contributed by atoms with Gasteiger partial charge in [-0.3, -0.25) is 4.79 Å². The van der Waals surface area contributed by atoms with Crippen molar-refractivity contribution in [2.45, 2.75) is 19.4 Å². The molecule has 0 saturated carbocycles. The van der Waals surface area contributed by atoms with Crippen LogP contribution in [0.4, 0.5) is 11.4 Å². The number of rotatable bonds is 6. The molecule has 1 aromatic carbocycles. The van der Waals surface area contributed by atoms with Crippen LogP contribution in [0.15, 0.2) is 24.3 Å². The van der Waals surface area contributed by atoms with Gasteiger partial charge in [-0.15, -0.1) is 0 Å². The molecular formula is C15H22N2O3. The minimum absolute atomic E-state index is 0.0971. The summed E-state index contributed by atoms with van der Waals surface area (Å²) in [7, 11) is 1.76. The second-order valence-corrected chi connectivity index (χ2v) is 4.82. The van der Waals surface area contributed by atoms with Crippen LogP contribution in [-0.4, -0.2) is 45.4 Å². The van der Waals surface area contributed by atoms with E-state index in [-0.39, 0.29) is 12.5 Å². The standard InChI is InChI=1S/C15H22N2O3/c1-3-20-11-15(18)16-12-4-6-13(7-5-12)17-9-8-14(10-17)19-2/h4-7,14H,3,8-11H2,1-2H3,(H,16,18)/t14-/m0/s1. The van der Waals surface area contributed by atoms with Crippen LogP contribution in [-0.2, 0) is 14.3 Å². The van der Waals surface area contributed by atoms with E-state index in [2.05, 4.69) is 10.2 Å². The van der Waals surface area contributed by atoms with E-state index in [0.29, 0.717) is 12.7 Å². The zero-order valence-corrected chi connectivity index (χ0v) is 12.1. The molecule has 1 saturated heterocycles. The Balaban J connectivity index is 1.88. The number of carbonyl (C=O) groups is 1. The first-order valence-electron chi connectivity index (χ1n) is 6.98. The molecule has 1 fully saturated rings. The molecule has 0 spiro atoms. The number of nitrogens with one attached hydrogen (secondary N) is 1. The second kappa shape index (κ2) is 7.26. The molecule has 0 bridgehead atoms. The minimum atomic E-state index is -0.125. The quantitative estimate of drug-likeness (QED) is 0.863. The Kier molecular flexibility index (Phi) is 5.38. The Bertz CT molecular complexity index is 433. The van der Waals surface area contributed by atoms with E-state index in [1.807, 2.05) is 31.2 Å². The minimum Gasteiger partial charge on any atom is -0.380 e. The van der Waals surface area contributed by atoms with Crippen LogP contribution in [0.3, 0.4) is 0 Å². The van der Waals surface area contributed by atoms with Crippen molar-refractivity contribution in [2.24, 2.45) is 0 Å². The highest BCUT2D eigenvalue weighted by molar-refractivity contribution is 5.91. The average molecular weight is 278 g/mol. The zero-order chi connectivity index (χ0) is 14.4. The molecule has 1 aromatic rings. The maximum atomic E-state index is 11.5. The number of carbonyl (C=O) groups excluding carboxylic acids is 1. The summed E-state index contributed by atoms with van der Waals surface area (Å²) < 4.78 is 10.4. The van der Waals surface area contributed by atoms with E-state index in [9.17, 15) is 4.79 Å². The fourth-order valence-electron chi connectivity index (χ4n) is 2.30. The Labute approximate surface area is 119 Å². The molecule has 1 aliphatic heterocycles. The molecule has 1 amide bonds. The van der Waals surface area contributed by atoms with Crippen molar-refractivity contribution in [3.63, 3.8) is 0 Å². The lowest BCUT2D eigenvalue weighted by atomic mass is 10.2. The molecule has 5 heteroatoms. The first kappa shape index (κ1) is 14.8. The monoisotopic (exact) mass is 278 g/mol. The van der Waals surface area contributed by atoms with Crippen molar-refractivity contribution in [1.82, 2.24) is 0 Å². The van der Waals surface area contributed by atoms with Gasteiger partial charge in [-0.25, -0.2) is 0 Å². The van der Waals surface area contributed by atoms with Gasteiger partial charge in [0, 0.05) is 38.2 Å². The molecule has 110 valence electrons. The Morgan fingerprint density at radius 1 is 1.40 bits per heavy atom. The molecule has 0 aromatic heterocycles. The Hall–Kier alpha value is -1.59. The number of hydrogen-bond acceptors (Lipinski definition) is 4. The second-order valence-electron chi connectivity index (χ2n) is 4.82. The van der Waals surface area contributed by atoms with E-state index >= 15 is 0 Å². The number of amides is 1. The van der Waals surface area contributed by atoms with Gasteiger partial charge < -0.3 is 19.7 Å². The van der Waals surface area contributed by atoms with Crippen LogP contribution in [0.25, 0.3) is 0 Å². The summed E-state index contributed by atoms with van der Waals surface area (Å²) >= 11 is 0. The average Bonchev–Trinajstić information content (AvgIpc) is 2.95. The lowest BCUT2D eigenvalue weighted by molar-refractivity contribution is -0.120. The van der Waals surface area contributed by atoms with Crippen LogP contribution in [0.5, 0.6) is 0 Å². The summed E-state index contributed by atoms with van der Waals surface area (Å²) in [5.74, 6) is -0.125. The fraction of sp³-hybridized carbons (Fsp3) is 0.533.